The van der Waals surface area contributed by atoms with Gasteiger partial charge in [-0.25, -0.2) is 22.1 Å². The number of rotatable bonds is 6. The molecule has 0 saturated carbocycles. The number of benzene rings is 2. The average molecular weight is 473 g/mol. The van der Waals surface area contributed by atoms with Crippen LogP contribution in [0.2, 0.25) is 0 Å². The molecule has 2 heterocycles. The van der Waals surface area contributed by atoms with Crippen molar-refractivity contribution in [2.24, 2.45) is 0 Å². The van der Waals surface area contributed by atoms with Gasteiger partial charge < -0.3 is 16.2 Å². The first-order valence-corrected chi connectivity index (χ1v) is 10.1. The Hall–Kier alpha value is -3.99. The summed E-state index contributed by atoms with van der Waals surface area (Å²) in [6, 6.07) is 9.71. The number of aliphatic hydroxyl groups is 1. The van der Waals surface area contributed by atoms with Gasteiger partial charge in [0.15, 0.2) is 5.65 Å². The van der Waals surface area contributed by atoms with E-state index >= 15 is 0 Å². The summed E-state index contributed by atoms with van der Waals surface area (Å²) in [5.41, 5.74) is 6.39. The van der Waals surface area contributed by atoms with Crippen molar-refractivity contribution in [2.45, 2.75) is 19.0 Å². The Labute approximate surface area is 190 Å². The number of pyridine rings is 1. The fourth-order valence-corrected chi connectivity index (χ4v) is 3.44. The van der Waals surface area contributed by atoms with Crippen molar-refractivity contribution < 1.29 is 27.5 Å². The zero-order chi connectivity index (χ0) is 24.6. The second-order valence-corrected chi connectivity index (χ2v) is 7.72. The van der Waals surface area contributed by atoms with E-state index in [2.05, 4.69) is 10.1 Å². The van der Waals surface area contributed by atoms with Crippen molar-refractivity contribution in [3.63, 3.8) is 0 Å². The van der Waals surface area contributed by atoms with E-state index in [1.807, 2.05) is 5.32 Å². The number of nitrogens with one attached hydrogen (secondary N) is 1. The third-order valence-corrected chi connectivity index (χ3v) is 5.35. The third kappa shape index (κ3) is 4.55. The van der Waals surface area contributed by atoms with Crippen molar-refractivity contribution >= 4 is 17.5 Å². The first-order chi connectivity index (χ1) is 16.0. The molecule has 0 saturated heterocycles. The van der Waals surface area contributed by atoms with Crippen LogP contribution >= 0.6 is 0 Å². The van der Waals surface area contributed by atoms with Gasteiger partial charge in [0.1, 0.15) is 17.7 Å². The van der Waals surface area contributed by atoms with Crippen molar-refractivity contribution in [1.29, 1.82) is 0 Å². The molecule has 0 aliphatic carbocycles. The molecule has 4 N–H and O–H groups in total. The lowest BCUT2D eigenvalue weighted by Crippen LogP contribution is -2.41. The van der Waals surface area contributed by atoms with Gasteiger partial charge in [0, 0.05) is 11.8 Å². The molecule has 0 aliphatic heterocycles. The second-order valence-electron chi connectivity index (χ2n) is 7.72. The molecule has 4 rings (SSSR count). The summed E-state index contributed by atoms with van der Waals surface area (Å²) < 4.78 is 58.0. The van der Waals surface area contributed by atoms with E-state index in [9.17, 15) is 27.5 Å². The Kier molecular flexibility index (Phi) is 5.96. The monoisotopic (exact) mass is 473 g/mol. The number of halogens is 4. The van der Waals surface area contributed by atoms with Crippen molar-refractivity contribution in [1.82, 2.24) is 19.9 Å². The number of hydrogen-bond donors (Lipinski definition) is 3. The molecule has 34 heavy (non-hydrogen) atoms. The predicted octanol–water partition coefficient (Wildman–Crippen LogP) is 3.66. The van der Waals surface area contributed by atoms with Crippen LogP contribution in [0.3, 0.4) is 0 Å². The molecule has 1 amide bonds. The van der Waals surface area contributed by atoms with Crippen LogP contribution in [0.15, 0.2) is 54.7 Å². The maximum absolute atomic E-state index is 14.6. The summed E-state index contributed by atoms with van der Waals surface area (Å²) in [6.07, 6.45) is -0.719. The van der Waals surface area contributed by atoms with Crippen LogP contribution in [0.1, 0.15) is 27.6 Å². The predicted molar refractivity (Wildman–Crippen MR) is 116 cm³/mol. The number of anilines is 1. The zero-order valence-electron chi connectivity index (χ0n) is 17.8. The molecule has 1 atom stereocenters. The minimum absolute atomic E-state index is 0.0311. The minimum atomic E-state index is -3.77. The van der Waals surface area contributed by atoms with Crippen LogP contribution in [-0.4, -0.2) is 38.1 Å². The summed E-state index contributed by atoms with van der Waals surface area (Å²) in [5, 5.41) is 16.0. The molecule has 0 bridgehead atoms. The van der Waals surface area contributed by atoms with Crippen LogP contribution in [0.4, 0.5) is 23.5 Å². The summed E-state index contributed by atoms with van der Waals surface area (Å²) in [4.78, 5) is 16.7. The molecule has 2 aromatic heterocycles. The van der Waals surface area contributed by atoms with Crippen molar-refractivity contribution in [3.8, 4) is 11.1 Å². The summed E-state index contributed by atoms with van der Waals surface area (Å²) in [7, 11) is 0. The van der Waals surface area contributed by atoms with E-state index in [0.717, 1.165) is 24.3 Å². The van der Waals surface area contributed by atoms with Gasteiger partial charge in [0.05, 0.1) is 6.54 Å². The smallest absolute Gasteiger partial charge is 0.294 e. The van der Waals surface area contributed by atoms with Crippen LogP contribution in [0.25, 0.3) is 16.8 Å². The Morgan fingerprint density at radius 2 is 1.85 bits per heavy atom. The molecule has 0 radical (unpaired) electrons. The average Bonchev–Trinajstić information content (AvgIpc) is 3.18. The molecule has 0 spiro atoms. The number of nitrogens with two attached hydrogens (primary N) is 1. The fraction of sp³-hybridized carbons (Fsp3) is 0.174. The van der Waals surface area contributed by atoms with E-state index in [-0.39, 0.29) is 22.6 Å². The first-order valence-electron chi connectivity index (χ1n) is 10.1. The lowest BCUT2D eigenvalue weighted by molar-refractivity contribution is -0.106. The molecule has 176 valence electrons. The molecule has 0 unspecified atom stereocenters. The SMILES string of the molecule is Cc1c(F)cc(-c2ccn3nc(N)nc3c2)cc1C(=O)NCC(F)(F)[C@@H](O)c1ccc(F)cc1. The molecule has 2 aromatic carbocycles. The number of carbonyl (C=O) groups is 1. The van der Waals surface area contributed by atoms with Gasteiger partial charge in [-0.2, -0.15) is 4.98 Å². The molecule has 0 aliphatic rings. The second kappa shape index (κ2) is 8.75. The largest absolute Gasteiger partial charge is 0.382 e. The van der Waals surface area contributed by atoms with Gasteiger partial charge >= 0.3 is 0 Å². The number of hydrogen-bond acceptors (Lipinski definition) is 5. The van der Waals surface area contributed by atoms with E-state index in [4.69, 9.17) is 5.73 Å². The van der Waals surface area contributed by atoms with Gasteiger partial charge in [-0.15, -0.1) is 5.10 Å². The number of aliphatic hydroxyl groups excluding tert-OH is 1. The number of aromatic nitrogens is 3. The normalized spacial score (nSPS) is 12.6. The number of alkyl halides is 2. The minimum Gasteiger partial charge on any atom is -0.382 e. The maximum atomic E-state index is 14.6. The van der Waals surface area contributed by atoms with Crippen LogP contribution in [0, 0.1) is 18.6 Å². The summed E-state index contributed by atoms with van der Waals surface area (Å²) in [6.45, 7) is 0.128. The standard InChI is InChI=1S/C23H19F4N5O2/c1-12-17(21(34)29-11-23(26,27)20(33)13-2-4-16(24)5-3-13)8-15(9-18(12)25)14-6-7-32-19(10-14)30-22(28)31-32/h2-10,20,33H,11H2,1H3,(H2,28,31)(H,29,34)/t20-/m0/s1. The molecule has 4 aromatic rings. The number of fused-ring (bicyclic) bond motifs is 1. The van der Waals surface area contributed by atoms with Gasteiger partial charge in [0.2, 0.25) is 5.95 Å². The quantitative estimate of drug-likeness (QED) is 0.371. The fourth-order valence-electron chi connectivity index (χ4n) is 3.44. The van der Waals surface area contributed by atoms with Gasteiger partial charge in [-0.05, 0) is 65.6 Å². The lowest BCUT2D eigenvalue weighted by atomic mass is 9.99. The number of amides is 1. The third-order valence-electron chi connectivity index (χ3n) is 5.35. The van der Waals surface area contributed by atoms with Gasteiger partial charge in [-0.1, -0.05) is 12.1 Å². The Balaban J connectivity index is 1.56. The number of nitrogen functional groups attached to an aromatic ring is 1. The highest BCUT2D eigenvalue weighted by Gasteiger charge is 2.40. The summed E-state index contributed by atoms with van der Waals surface area (Å²) >= 11 is 0. The highest BCUT2D eigenvalue weighted by atomic mass is 19.3. The molecular formula is C23H19F4N5O2. The van der Waals surface area contributed by atoms with Gasteiger partial charge in [0.25, 0.3) is 11.8 Å². The summed E-state index contributed by atoms with van der Waals surface area (Å²) in [5.74, 6) is -6.01. The Morgan fingerprint density at radius 3 is 2.56 bits per heavy atom. The van der Waals surface area contributed by atoms with E-state index in [0.29, 0.717) is 16.8 Å². The van der Waals surface area contributed by atoms with E-state index in [1.165, 1.54) is 23.6 Å². The Morgan fingerprint density at radius 1 is 1.15 bits per heavy atom. The molecular weight excluding hydrogens is 454 g/mol. The van der Waals surface area contributed by atoms with Crippen molar-refractivity contribution in [2.75, 3.05) is 12.3 Å². The zero-order valence-corrected chi connectivity index (χ0v) is 17.8. The number of nitrogens with zero attached hydrogens (tertiary/aromatic N) is 3. The van der Waals surface area contributed by atoms with Crippen LogP contribution < -0.4 is 11.1 Å². The van der Waals surface area contributed by atoms with E-state index < -0.39 is 36.1 Å². The van der Waals surface area contributed by atoms with Crippen LogP contribution in [0.5, 0.6) is 0 Å². The molecule has 11 heteroatoms. The number of carbonyl (C=O) groups excluding carboxylic acids is 1. The lowest BCUT2D eigenvalue weighted by Gasteiger charge is -2.23. The topological polar surface area (TPSA) is 106 Å². The highest BCUT2D eigenvalue weighted by molar-refractivity contribution is 5.97. The maximum Gasteiger partial charge on any atom is 0.294 e. The van der Waals surface area contributed by atoms with E-state index in [1.54, 1.807) is 18.3 Å². The Bertz CT molecular complexity index is 1370. The highest BCUT2D eigenvalue weighted by Crippen LogP contribution is 2.31. The van der Waals surface area contributed by atoms with Crippen LogP contribution in [-0.2, 0) is 0 Å². The molecule has 0 fully saturated rings. The molecule has 7 nitrogen and oxygen atoms in total. The van der Waals surface area contributed by atoms with Gasteiger partial charge in [-0.3, -0.25) is 4.79 Å². The van der Waals surface area contributed by atoms with Crippen molar-refractivity contribution in [3.05, 3.63) is 83.1 Å². The first kappa shape index (κ1) is 23.2.